The van der Waals surface area contributed by atoms with Crippen molar-refractivity contribution in [3.8, 4) is 78.6 Å². The van der Waals surface area contributed by atoms with E-state index in [1.54, 1.807) is 6.07 Å². The number of para-hydroxylation sites is 2. The standard InChI is InChI=1S/C63H53N3O/c1-63(2,52-25-10-5-11-26-52)53-27-16-24-47(41-53)48-34-35-64-57(42-48)51-39-49(45-20-6-3-7-21-45)38-50(40-51)54-29-17-30-59-61(54)65-62(55-28-14-15-31-60(55)67)66(59)58-33-32-44(36-43-18-12-13-19-43)37-56(58)46-22-8-4-9-23-46/h3-11,14-17,20-35,37-43,67H,12-13,18-19,36H2,1-2H3. The number of rotatable bonds is 11. The predicted molar refractivity (Wildman–Crippen MR) is 277 cm³/mol. The van der Waals surface area contributed by atoms with Crippen LogP contribution in [0.15, 0.2) is 212 Å². The number of hydrogen-bond acceptors (Lipinski definition) is 3. The van der Waals surface area contributed by atoms with E-state index in [4.69, 9.17) is 9.97 Å². The smallest absolute Gasteiger partial charge is 0.149 e. The van der Waals surface area contributed by atoms with Crippen LogP contribution in [0.25, 0.3) is 83.9 Å². The van der Waals surface area contributed by atoms with Gasteiger partial charge in [-0.25, -0.2) is 4.98 Å². The molecule has 2 aromatic heterocycles. The monoisotopic (exact) mass is 867 g/mol. The topological polar surface area (TPSA) is 50.9 Å². The van der Waals surface area contributed by atoms with Gasteiger partial charge in [0.05, 0.1) is 28.0 Å². The third-order valence-corrected chi connectivity index (χ3v) is 14.0. The van der Waals surface area contributed by atoms with E-state index in [2.05, 4.69) is 200 Å². The molecule has 0 amide bonds. The molecular formula is C63H53N3O. The second-order valence-corrected chi connectivity index (χ2v) is 18.7. The Kier molecular flexibility index (Phi) is 11.2. The first-order chi connectivity index (χ1) is 32.9. The van der Waals surface area contributed by atoms with Gasteiger partial charge in [-0.05, 0) is 123 Å². The van der Waals surface area contributed by atoms with E-state index >= 15 is 0 Å². The van der Waals surface area contributed by atoms with Crippen LogP contribution >= 0.6 is 0 Å². The summed E-state index contributed by atoms with van der Waals surface area (Å²) in [5.41, 5.74) is 17.9. The van der Waals surface area contributed by atoms with Crippen LogP contribution in [0.3, 0.4) is 0 Å². The van der Waals surface area contributed by atoms with Gasteiger partial charge in [0.1, 0.15) is 11.6 Å². The number of imidazole rings is 1. The summed E-state index contributed by atoms with van der Waals surface area (Å²) in [5.74, 6) is 1.60. The molecule has 0 unspecified atom stereocenters. The lowest BCUT2D eigenvalue weighted by Crippen LogP contribution is -2.18. The van der Waals surface area contributed by atoms with E-state index in [9.17, 15) is 5.11 Å². The molecular weight excluding hydrogens is 815 g/mol. The van der Waals surface area contributed by atoms with Crippen LogP contribution in [0, 0.1) is 5.92 Å². The number of aromatic hydroxyl groups is 1. The van der Waals surface area contributed by atoms with Crippen molar-refractivity contribution in [2.45, 2.75) is 51.4 Å². The number of benzene rings is 8. The van der Waals surface area contributed by atoms with Gasteiger partial charge in [-0.1, -0.05) is 185 Å². The number of fused-ring (bicyclic) bond motifs is 1. The quantitative estimate of drug-likeness (QED) is 0.141. The summed E-state index contributed by atoms with van der Waals surface area (Å²) in [5, 5.41) is 11.5. The minimum absolute atomic E-state index is 0.166. The highest BCUT2D eigenvalue weighted by Gasteiger charge is 2.25. The summed E-state index contributed by atoms with van der Waals surface area (Å²) >= 11 is 0. The van der Waals surface area contributed by atoms with Crippen LogP contribution in [-0.4, -0.2) is 19.6 Å². The maximum Gasteiger partial charge on any atom is 0.149 e. The number of phenolic OH excluding ortho intramolecular Hbond substituents is 1. The minimum Gasteiger partial charge on any atom is -0.507 e. The van der Waals surface area contributed by atoms with Gasteiger partial charge in [0.25, 0.3) is 0 Å². The van der Waals surface area contributed by atoms with Crippen molar-refractivity contribution < 1.29 is 5.11 Å². The van der Waals surface area contributed by atoms with Gasteiger partial charge in [0, 0.05) is 28.3 Å². The first kappa shape index (κ1) is 41.9. The largest absolute Gasteiger partial charge is 0.507 e. The molecule has 0 aliphatic heterocycles. The lowest BCUT2D eigenvalue weighted by molar-refractivity contribution is 0.477. The highest BCUT2D eigenvalue weighted by atomic mass is 16.3. The second kappa shape index (κ2) is 17.9. The lowest BCUT2D eigenvalue weighted by atomic mass is 9.77. The number of aromatic nitrogens is 3. The van der Waals surface area contributed by atoms with Crippen molar-refractivity contribution in [1.82, 2.24) is 14.5 Å². The van der Waals surface area contributed by atoms with Crippen molar-refractivity contribution in [1.29, 1.82) is 0 Å². The summed E-state index contributed by atoms with van der Waals surface area (Å²) in [6, 6.07) is 73.0. The summed E-state index contributed by atoms with van der Waals surface area (Å²) < 4.78 is 2.26. The SMILES string of the molecule is CC(C)(c1ccccc1)c1cccc(-c2ccnc(-c3cc(-c4ccccc4)cc(-c4cccc5c4nc(-c4ccccc4O)n5-c4ccc(CC5CCCC5)cc4-c4ccccc4)c3)c2)c1. The first-order valence-corrected chi connectivity index (χ1v) is 23.7. The van der Waals surface area contributed by atoms with Gasteiger partial charge in [0.2, 0.25) is 0 Å². The van der Waals surface area contributed by atoms with Crippen LogP contribution in [0.5, 0.6) is 5.75 Å². The lowest BCUT2D eigenvalue weighted by Gasteiger charge is -2.26. The minimum atomic E-state index is -0.166. The Morgan fingerprint density at radius 1 is 0.507 bits per heavy atom. The van der Waals surface area contributed by atoms with Crippen molar-refractivity contribution >= 4 is 11.0 Å². The van der Waals surface area contributed by atoms with Crippen LogP contribution < -0.4 is 0 Å². The summed E-state index contributed by atoms with van der Waals surface area (Å²) in [6.07, 6.45) is 8.25. The Bertz CT molecular complexity index is 3360. The predicted octanol–water partition coefficient (Wildman–Crippen LogP) is 16.2. The number of phenols is 1. The molecule has 4 nitrogen and oxygen atoms in total. The molecule has 1 aliphatic rings. The average molecular weight is 868 g/mol. The molecule has 326 valence electrons. The zero-order chi connectivity index (χ0) is 45.3. The van der Waals surface area contributed by atoms with Crippen LogP contribution in [0.4, 0.5) is 0 Å². The van der Waals surface area contributed by atoms with E-state index < -0.39 is 0 Å². The van der Waals surface area contributed by atoms with Crippen molar-refractivity contribution in [3.63, 3.8) is 0 Å². The number of nitrogens with zero attached hydrogens (tertiary/aromatic N) is 3. The average Bonchev–Trinajstić information content (AvgIpc) is 4.05. The molecule has 1 aliphatic carbocycles. The molecule has 0 spiro atoms. The Morgan fingerprint density at radius 3 is 1.91 bits per heavy atom. The molecule has 10 aromatic rings. The van der Waals surface area contributed by atoms with E-state index in [-0.39, 0.29) is 11.2 Å². The van der Waals surface area contributed by atoms with Crippen LogP contribution in [0.1, 0.15) is 56.2 Å². The molecule has 2 heterocycles. The van der Waals surface area contributed by atoms with Crippen molar-refractivity contribution in [3.05, 3.63) is 229 Å². The summed E-state index contributed by atoms with van der Waals surface area (Å²) in [7, 11) is 0. The van der Waals surface area contributed by atoms with E-state index in [1.807, 2.05) is 24.4 Å². The molecule has 11 rings (SSSR count). The Morgan fingerprint density at radius 2 is 1.13 bits per heavy atom. The fourth-order valence-corrected chi connectivity index (χ4v) is 10.3. The highest BCUT2D eigenvalue weighted by molar-refractivity contribution is 5.98. The molecule has 8 aromatic carbocycles. The highest BCUT2D eigenvalue weighted by Crippen LogP contribution is 2.43. The van der Waals surface area contributed by atoms with Gasteiger partial charge in [-0.2, -0.15) is 0 Å². The molecule has 0 atom stereocenters. The molecule has 67 heavy (non-hydrogen) atoms. The molecule has 0 saturated heterocycles. The Labute approximate surface area is 394 Å². The van der Waals surface area contributed by atoms with Gasteiger partial charge in [0.15, 0.2) is 0 Å². The fourth-order valence-electron chi connectivity index (χ4n) is 10.3. The molecule has 0 radical (unpaired) electrons. The van der Waals surface area contributed by atoms with Crippen LogP contribution in [0.2, 0.25) is 0 Å². The van der Waals surface area contributed by atoms with Crippen LogP contribution in [-0.2, 0) is 11.8 Å². The number of hydrogen-bond donors (Lipinski definition) is 1. The zero-order valence-electron chi connectivity index (χ0n) is 38.1. The maximum absolute atomic E-state index is 11.5. The third kappa shape index (κ3) is 8.25. The van der Waals surface area contributed by atoms with E-state index in [1.165, 1.54) is 42.4 Å². The third-order valence-electron chi connectivity index (χ3n) is 14.0. The molecule has 1 N–H and O–H groups in total. The van der Waals surface area contributed by atoms with Gasteiger partial charge >= 0.3 is 0 Å². The van der Waals surface area contributed by atoms with Crippen molar-refractivity contribution in [2.75, 3.05) is 0 Å². The first-order valence-electron chi connectivity index (χ1n) is 23.7. The maximum atomic E-state index is 11.5. The molecule has 0 bridgehead atoms. The van der Waals surface area contributed by atoms with E-state index in [0.717, 1.165) is 84.8 Å². The molecule has 4 heteroatoms. The number of pyridine rings is 1. The van der Waals surface area contributed by atoms with Crippen molar-refractivity contribution in [2.24, 2.45) is 5.92 Å². The zero-order valence-corrected chi connectivity index (χ0v) is 38.1. The van der Waals surface area contributed by atoms with E-state index in [0.29, 0.717) is 11.4 Å². The summed E-state index contributed by atoms with van der Waals surface area (Å²) in [6.45, 7) is 4.59. The second-order valence-electron chi connectivity index (χ2n) is 18.7. The van der Waals surface area contributed by atoms with Gasteiger partial charge < -0.3 is 5.11 Å². The Hall–Kier alpha value is -7.82. The Balaban J connectivity index is 1.08. The van der Waals surface area contributed by atoms with Gasteiger partial charge in [-0.15, -0.1) is 0 Å². The van der Waals surface area contributed by atoms with Gasteiger partial charge in [-0.3, -0.25) is 9.55 Å². The molecule has 1 fully saturated rings. The fraction of sp³-hybridized carbons (Fsp3) is 0.143. The molecule has 1 saturated carbocycles. The normalized spacial score (nSPS) is 13.0. The summed E-state index contributed by atoms with van der Waals surface area (Å²) in [4.78, 5) is 10.6.